The van der Waals surface area contributed by atoms with Crippen molar-refractivity contribution in [1.82, 2.24) is 14.6 Å². The van der Waals surface area contributed by atoms with Crippen LogP contribution in [0.15, 0.2) is 29.8 Å². The Morgan fingerprint density at radius 1 is 1.44 bits per heavy atom. The number of pyridine rings is 1. The lowest BCUT2D eigenvalue weighted by atomic mass is 10.4. The van der Waals surface area contributed by atoms with Crippen LogP contribution in [0.25, 0.3) is 16.3 Å². The molecule has 0 unspecified atom stereocenters. The van der Waals surface area contributed by atoms with Gasteiger partial charge in [-0.05, 0) is 11.4 Å². The molecule has 0 atom stereocenters. The van der Waals surface area contributed by atoms with Crippen LogP contribution in [0.2, 0.25) is 5.02 Å². The first-order valence-corrected chi connectivity index (χ1v) is 5.85. The Bertz CT molecular complexity index is 605. The van der Waals surface area contributed by atoms with Crippen molar-refractivity contribution in [3.8, 4) is 10.7 Å². The summed E-state index contributed by atoms with van der Waals surface area (Å²) in [5.74, 6) is 0.691. The number of nitrogen functional groups attached to an aromatic ring is 1. The monoisotopic (exact) mass is 250 g/mol. The lowest BCUT2D eigenvalue weighted by Crippen LogP contribution is -1.93. The van der Waals surface area contributed by atoms with Crippen molar-refractivity contribution in [3.63, 3.8) is 0 Å². The maximum atomic E-state index is 5.92. The highest BCUT2D eigenvalue weighted by atomic mass is 35.5. The number of thiophene rings is 1. The molecule has 6 heteroatoms. The zero-order valence-corrected chi connectivity index (χ0v) is 9.66. The van der Waals surface area contributed by atoms with Gasteiger partial charge in [0.25, 0.3) is 0 Å². The number of halogens is 1. The molecule has 0 saturated heterocycles. The van der Waals surface area contributed by atoms with Crippen LogP contribution in [0.3, 0.4) is 0 Å². The maximum absolute atomic E-state index is 5.92. The standard InChI is InChI=1S/C10H7ClN4S/c11-6-4-9-13-10(8-2-1-3-16-8)14-15(9)5-7(6)12/h1-5H,12H2. The van der Waals surface area contributed by atoms with Crippen LogP contribution in [0.4, 0.5) is 5.69 Å². The largest absolute Gasteiger partial charge is 0.396 e. The summed E-state index contributed by atoms with van der Waals surface area (Å²) in [6.07, 6.45) is 1.67. The Kier molecular flexibility index (Phi) is 2.08. The number of hydrogen-bond acceptors (Lipinski definition) is 4. The van der Waals surface area contributed by atoms with Crippen molar-refractivity contribution in [1.29, 1.82) is 0 Å². The third kappa shape index (κ3) is 1.45. The predicted octanol–water partition coefficient (Wildman–Crippen LogP) is 2.69. The van der Waals surface area contributed by atoms with E-state index in [1.54, 1.807) is 28.1 Å². The highest BCUT2D eigenvalue weighted by Gasteiger charge is 2.08. The lowest BCUT2D eigenvalue weighted by molar-refractivity contribution is 0.969. The molecule has 0 aliphatic rings. The van der Waals surface area contributed by atoms with Gasteiger partial charge in [0.05, 0.1) is 21.8 Å². The first-order chi connectivity index (χ1) is 7.74. The summed E-state index contributed by atoms with van der Waals surface area (Å²) >= 11 is 7.52. The van der Waals surface area contributed by atoms with Crippen molar-refractivity contribution in [2.24, 2.45) is 0 Å². The van der Waals surface area contributed by atoms with Gasteiger partial charge in [0, 0.05) is 6.07 Å². The Hall–Kier alpha value is -1.59. The molecule has 16 heavy (non-hydrogen) atoms. The number of nitrogens with zero attached hydrogens (tertiary/aromatic N) is 3. The fourth-order valence-electron chi connectivity index (χ4n) is 1.43. The maximum Gasteiger partial charge on any atom is 0.192 e. The molecule has 0 bridgehead atoms. The van der Waals surface area contributed by atoms with Crippen molar-refractivity contribution in [2.75, 3.05) is 5.73 Å². The fraction of sp³-hybridized carbons (Fsp3) is 0. The van der Waals surface area contributed by atoms with Gasteiger partial charge in [-0.25, -0.2) is 9.50 Å². The van der Waals surface area contributed by atoms with Crippen molar-refractivity contribution >= 4 is 34.3 Å². The SMILES string of the molecule is Nc1cn2nc(-c3cccs3)nc2cc1Cl. The average molecular weight is 251 g/mol. The van der Waals surface area contributed by atoms with E-state index in [-0.39, 0.29) is 0 Å². The van der Waals surface area contributed by atoms with Crippen molar-refractivity contribution in [3.05, 3.63) is 34.8 Å². The van der Waals surface area contributed by atoms with Gasteiger partial charge < -0.3 is 5.73 Å². The van der Waals surface area contributed by atoms with Crippen LogP contribution in [0, 0.1) is 0 Å². The third-order valence-electron chi connectivity index (χ3n) is 2.19. The number of anilines is 1. The summed E-state index contributed by atoms with van der Waals surface area (Å²) in [5.41, 5.74) is 6.89. The first-order valence-electron chi connectivity index (χ1n) is 4.59. The van der Waals surface area contributed by atoms with Gasteiger partial charge in [0.2, 0.25) is 0 Å². The zero-order chi connectivity index (χ0) is 11.1. The second-order valence-electron chi connectivity index (χ2n) is 3.29. The molecule has 0 fully saturated rings. The summed E-state index contributed by atoms with van der Waals surface area (Å²) in [6, 6.07) is 5.65. The van der Waals surface area contributed by atoms with Gasteiger partial charge in [0.15, 0.2) is 11.5 Å². The fourth-order valence-corrected chi connectivity index (χ4v) is 2.23. The number of rotatable bonds is 1. The molecule has 80 valence electrons. The molecular weight excluding hydrogens is 244 g/mol. The summed E-state index contributed by atoms with van der Waals surface area (Å²) in [4.78, 5) is 5.41. The molecule has 0 aliphatic carbocycles. The molecule has 4 nitrogen and oxygen atoms in total. The minimum Gasteiger partial charge on any atom is -0.396 e. The van der Waals surface area contributed by atoms with Gasteiger partial charge >= 0.3 is 0 Å². The van der Waals surface area contributed by atoms with E-state index in [4.69, 9.17) is 17.3 Å². The van der Waals surface area contributed by atoms with E-state index >= 15 is 0 Å². The number of hydrogen-bond donors (Lipinski definition) is 1. The molecule has 0 spiro atoms. The minimum atomic E-state index is 0.497. The third-order valence-corrected chi connectivity index (χ3v) is 3.39. The topological polar surface area (TPSA) is 56.2 Å². The second kappa shape index (κ2) is 3.47. The van der Waals surface area contributed by atoms with Crippen molar-refractivity contribution < 1.29 is 0 Å². The minimum absolute atomic E-state index is 0.497. The van der Waals surface area contributed by atoms with Crippen LogP contribution in [-0.4, -0.2) is 14.6 Å². The van der Waals surface area contributed by atoms with E-state index in [0.717, 1.165) is 4.88 Å². The molecule has 3 aromatic heterocycles. The molecule has 0 aromatic carbocycles. The van der Waals surface area contributed by atoms with E-state index in [1.165, 1.54) is 0 Å². The molecule has 2 N–H and O–H groups in total. The highest BCUT2D eigenvalue weighted by Crippen LogP contribution is 2.24. The van der Waals surface area contributed by atoms with Gasteiger partial charge in [-0.3, -0.25) is 0 Å². The van der Waals surface area contributed by atoms with E-state index < -0.39 is 0 Å². The Morgan fingerprint density at radius 2 is 2.31 bits per heavy atom. The Morgan fingerprint density at radius 3 is 3.06 bits per heavy atom. The van der Waals surface area contributed by atoms with E-state index in [1.807, 2.05) is 17.5 Å². The average Bonchev–Trinajstić information content (AvgIpc) is 2.86. The molecule has 3 aromatic rings. The molecular formula is C10H7ClN4S. The van der Waals surface area contributed by atoms with Crippen LogP contribution < -0.4 is 5.73 Å². The highest BCUT2D eigenvalue weighted by molar-refractivity contribution is 7.13. The summed E-state index contributed by atoms with van der Waals surface area (Å²) in [7, 11) is 0. The molecule has 0 amide bonds. The summed E-state index contributed by atoms with van der Waals surface area (Å²) < 4.78 is 1.64. The van der Waals surface area contributed by atoms with Gasteiger partial charge in [-0.2, -0.15) is 0 Å². The lowest BCUT2D eigenvalue weighted by Gasteiger charge is -1.96. The van der Waals surface area contributed by atoms with Crippen LogP contribution in [-0.2, 0) is 0 Å². The molecule has 3 heterocycles. The number of aromatic nitrogens is 3. The Balaban J connectivity index is 2.23. The quantitative estimate of drug-likeness (QED) is 0.722. The summed E-state index contributed by atoms with van der Waals surface area (Å²) in [6.45, 7) is 0. The van der Waals surface area contributed by atoms with E-state index in [0.29, 0.717) is 22.2 Å². The smallest absolute Gasteiger partial charge is 0.192 e. The van der Waals surface area contributed by atoms with Crippen LogP contribution in [0.5, 0.6) is 0 Å². The molecule has 3 rings (SSSR count). The molecule has 0 radical (unpaired) electrons. The van der Waals surface area contributed by atoms with Gasteiger partial charge in [0.1, 0.15) is 0 Å². The number of fused-ring (bicyclic) bond motifs is 1. The predicted molar refractivity (Wildman–Crippen MR) is 65.7 cm³/mol. The Labute approximate surface area is 100 Å². The number of nitrogens with two attached hydrogens (primary N) is 1. The van der Waals surface area contributed by atoms with Crippen LogP contribution in [0.1, 0.15) is 0 Å². The second-order valence-corrected chi connectivity index (χ2v) is 4.65. The molecule has 0 saturated carbocycles. The van der Waals surface area contributed by atoms with Gasteiger partial charge in [-0.1, -0.05) is 17.7 Å². The normalized spacial score (nSPS) is 11.1. The summed E-state index contributed by atoms with van der Waals surface area (Å²) in [5, 5.41) is 6.82. The van der Waals surface area contributed by atoms with E-state index in [9.17, 15) is 0 Å². The van der Waals surface area contributed by atoms with Crippen molar-refractivity contribution in [2.45, 2.75) is 0 Å². The van der Waals surface area contributed by atoms with E-state index in [2.05, 4.69) is 10.1 Å². The molecule has 0 aliphatic heterocycles. The first kappa shape index (κ1) is 9.62. The van der Waals surface area contributed by atoms with Crippen LogP contribution >= 0.6 is 22.9 Å². The van der Waals surface area contributed by atoms with Gasteiger partial charge in [-0.15, -0.1) is 16.4 Å². The zero-order valence-electron chi connectivity index (χ0n) is 8.09.